The third-order valence-corrected chi connectivity index (χ3v) is 5.59. The zero-order valence-corrected chi connectivity index (χ0v) is 16.0. The summed E-state index contributed by atoms with van der Waals surface area (Å²) in [5.41, 5.74) is 0.575. The number of methoxy groups -OCH3 is 1. The Morgan fingerprint density at radius 1 is 1.44 bits per heavy atom. The van der Waals surface area contributed by atoms with Crippen LogP contribution in [0.4, 0.5) is 0 Å². The Labute approximate surface area is 158 Å². The van der Waals surface area contributed by atoms with Crippen LogP contribution in [0.5, 0.6) is 5.75 Å². The molecular weight excluding hydrogens is 387 g/mol. The third kappa shape index (κ3) is 4.65. The van der Waals surface area contributed by atoms with Crippen LogP contribution in [-0.2, 0) is 10.0 Å². The molecule has 25 heavy (non-hydrogen) atoms. The van der Waals surface area contributed by atoms with Crippen molar-refractivity contribution in [2.45, 2.75) is 23.8 Å². The Balaban J connectivity index is 0.00000225. The highest BCUT2D eigenvalue weighted by Crippen LogP contribution is 2.26. The van der Waals surface area contributed by atoms with Gasteiger partial charge in [0.15, 0.2) is 0 Å². The van der Waals surface area contributed by atoms with E-state index in [1.807, 2.05) is 0 Å². The van der Waals surface area contributed by atoms with Gasteiger partial charge in [0.1, 0.15) is 16.3 Å². The summed E-state index contributed by atoms with van der Waals surface area (Å²) in [6.45, 7) is 1.56. The van der Waals surface area contributed by atoms with Crippen molar-refractivity contribution in [1.82, 2.24) is 19.8 Å². The molecule has 1 aromatic heterocycles. The van der Waals surface area contributed by atoms with Crippen LogP contribution in [0.2, 0.25) is 5.02 Å². The van der Waals surface area contributed by atoms with Gasteiger partial charge >= 0.3 is 0 Å². The van der Waals surface area contributed by atoms with Gasteiger partial charge in [0.25, 0.3) is 0 Å². The Morgan fingerprint density at radius 2 is 2.24 bits per heavy atom. The van der Waals surface area contributed by atoms with Crippen molar-refractivity contribution in [1.29, 1.82) is 0 Å². The lowest BCUT2D eigenvalue weighted by molar-refractivity contribution is 0.411. The molecule has 1 aliphatic heterocycles. The summed E-state index contributed by atoms with van der Waals surface area (Å²) in [5, 5.41) is 7.83. The molecule has 7 nitrogen and oxygen atoms in total. The zero-order valence-electron chi connectivity index (χ0n) is 13.6. The maximum absolute atomic E-state index is 12.5. The van der Waals surface area contributed by atoms with E-state index in [4.69, 9.17) is 16.3 Å². The molecule has 10 heteroatoms. The van der Waals surface area contributed by atoms with Crippen LogP contribution in [0.25, 0.3) is 5.69 Å². The number of sulfonamides is 1. The molecule has 1 aromatic carbocycles. The second-order valence-corrected chi connectivity index (χ2v) is 7.75. The molecule has 0 spiro atoms. The number of ether oxygens (including phenoxy) is 1. The third-order valence-electron chi connectivity index (χ3n) is 3.88. The Morgan fingerprint density at radius 3 is 2.92 bits per heavy atom. The monoisotopic (exact) mass is 406 g/mol. The minimum Gasteiger partial charge on any atom is -0.494 e. The van der Waals surface area contributed by atoms with E-state index in [0.29, 0.717) is 23.0 Å². The molecule has 2 heterocycles. The smallest absolute Gasteiger partial charge is 0.244 e. The van der Waals surface area contributed by atoms with Crippen molar-refractivity contribution < 1.29 is 13.2 Å². The summed E-state index contributed by atoms with van der Waals surface area (Å²) in [7, 11) is -2.09. The molecule has 0 radical (unpaired) electrons. The highest BCUT2D eigenvalue weighted by Gasteiger charge is 2.23. The second kappa shape index (κ2) is 8.37. The van der Waals surface area contributed by atoms with Gasteiger partial charge < -0.3 is 10.1 Å². The summed E-state index contributed by atoms with van der Waals surface area (Å²) in [4.78, 5) is 0.107. The Bertz CT molecular complexity index is 820. The van der Waals surface area contributed by atoms with Crippen LogP contribution in [0.1, 0.15) is 12.8 Å². The molecule has 2 aromatic rings. The number of nitrogens with zero attached hydrogens (tertiary/aromatic N) is 2. The molecule has 138 valence electrons. The maximum atomic E-state index is 12.5. The first kappa shape index (κ1) is 20.0. The van der Waals surface area contributed by atoms with E-state index in [0.717, 1.165) is 19.4 Å². The van der Waals surface area contributed by atoms with Crippen LogP contribution in [0.3, 0.4) is 0 Å². The van der Waals surface area contributed by atoms with E-state index in [1.54, 1.807) is 18.2 Å². The first-order chi connectivity index (χ1) is 11.5. The van der Waals surface area contributed by atoms with Gasteiger partial charge in [-0.1, -0.05) is 11.6 Å². The topological polar surface area (TPSA) is 85.2 Å². The van der Waals surface area contributed by atoms with Crippen molar-refractivity contribution in [2.75, 3.05) is 20.2 Å². The van der Waals surface area contributed by atoms with E-state index in [1.165, 1.54) is 24.2 Å². The van der Waals surface area contributed by atoms with E-state index >= 15 is 0 Å². The van der Waals surface area contributed by atoms with Gasteiger partial charge in [0, 0.05) is 17.6 Å². The first-order valence-corrected chi connectivity index (χ1v) is 9.47. The number of hydrogen-bond donors (Lipinski definition) is 2. The van der Waals surface area contributed by atoms with Crippen LogP contribution in [0, 0.1) is 0 Å². The average molecular weight is 407 g/mol. The highest BCUT2D eigenvalue weighted by molar-refractivity contribution is 7.89. The normalized spacial score (nSPS) is 17.8. The van der Waals surface area contributed by atoms with Gasteiger partial charge in [-0.15, -0.1) is 12.4 Å². The molecule has 1 aliphatic rings. The maximum Gasteiger partial charge on any atom is 0.244 e. The van der Waals surface area contributed by atoms with Crippen molar-refractivity contribution in [2.24, 2.45) is 0 Å². The van der Waals surface area contributed by atoms with Crippen LogP contribution < -0.4 is 14.8 Å². The minimum absolute atomic E-state index is 0. The standard InChI is InChI=1S/C15H19ClN4O3S.ClH/c1-23-15-5-4-11(16)7-14(15)20-10-13(9-18-20)24(21,22)19-12-3-2-6-17-8-12;/h4-5,7,9-10,12,17,19H,2-3,6,8H2,1H3;1H. The number of piperidine rings is 1. The van der Waals surface area contributed by atoms with Crippen LogP contribution in [-0.4, -0.2) is 44.4 Å². The summed E-state index contributed by atoms with van der Waals surface area (Å²) in [5.74, 6) is 0.552. The van der Waals surface area contributed by atoms with Gasteiger partial charge in [0.05, 0.1) is 19.5 Å². The molecule has 1 unspecified atom stereocenters. The number of nitrogens with one attached hydrogen (secondary N) is 2. The largest absolute Gasteiger partial charge is 0.494 e. The number of halogens is 2. The van der Waals surface area contributed by atoms with Gasteiger partial charge in [-0.2, -0.15) is 5.10 Å². The quantitative estimate of drug-likeness (QED) is 0.792. The van der Waals surface area contributed by atoms with Gasteiger partial charge in [0.2, 0.25) is 10.0 Å². The molecule has 1 fully saturated rings. The van der Waals surface area contributed by atoms with Crippen molar-refractivity contribution in [3.05, 3.63) is 35.6 Å². The lowest BCUT2D eigenvalue weighted by Gasteiger charge is -2.23. The molecule has 0 amide bonds. The lowest BCUT2D eigenvalue weighted by Crippen LogP contribution is -2.45. The fourth-order valence-corrected chi connectivity index (χ4v) is 4.03. The van der Waals surface area contributed by atoms with Gasteiger partial charge in [-0.25, -0.2) is 17.8 Å². The minimum atomic E-state index is -3.62. The summed E-state index contributed by atoms with van der Waals surface area (Å²) >= 11 is 6.02. The Kier molecular flexibility index (Phi) is 6.70. The molecule has 0 aliphatic carbocycles. The van der Waals surface area contributed by atoms with Crippen molar-refractivity contribution >= 4 is 34.0 Å². The van der Waals surface area contributed by atoms with E-state index in [9.17, 15) is 8.42 Å². The molecule has 1 atom stereocenters. The fraction of sp³-hybridized carbons (Fsp3) is 0.400. The second-order valence-electron chi connectivity index (χ2n) is 5.60. The van der Waals surface area contributed by atoms with Crippen molar-refractivity contribution in [3.63, 3.8) is 0 Å². The molecule has 3 rings (SSSR count). The molecule has 1 saturated heterocycles. The number of benzene rings is 1. The van der Waals surface area contributed by atoms with E-state index in [-0.39, 0.29) is 23.3 Å². The summed E-state index contributed by atoms with van der Waals surface area (Å²) in [6, 6.07) is 4.97. The SMILES string of the molecule is COc1ccc(Cl)cc1-n1cc(S(=O)(=O)NC2CCCNC2)cn1.Cl. The van der Waals surface area contributed by atoms with Gasteiger partial charge in [-0.05, 0) is 37.6 Å². The molecular formula is C15H20Cl2N4O3S. The van der Waals surface area contributed by atoms with E-state index < -0.39 is 10.0 Å². The summed E-state index contributed by atoms with van der Waals surface area (Å²) in [6.07, 6.45) is 4.54. The predicted octanol–water partition coefficient (Wildman–Crippen LogP) is 1.99. The first-order valence-electron chi connectivity index (χ1n) is 7.61. The molecule has 0 bridgehead atoms. The number of aromatic nitrogens is 2. The lowest BCUT2D eigenvalue weighted by atomic mass is 10.1. The predicted molar refractivity (Wildman–Crippen MR) is 98.6 cm³/mol. The average Bonchev–Trinajstić information content (AvgIpc) is 3.06. The summed E-state index contributed by atoms with van der Waals surface area (Å²) < 4.78 is 34.5. The number of hydrogen-bond acceptors (Lipinski definition) is 5. The van der Waals surface area contributed by atoms with Crippen LogP contribution >= 0.6 is 24.0 Å². The number of rotatable bonds is 5. The highest BCUT2D eigenvalue weighted by atomic mass is 35.5. The van der Waals surface area contributed by atoms with Crippen LogP contribution in [0.15, 0.2) is 35.5 Å². The molecule has 2 N–H and O–H groups in total. The van der Waals surface area contributed by atoms with Gasteiger partial charge in [-0.3, -0.25) is 0 Å². The Hall–Kier alpha value is -1.32. The molecule has 0 saturated carbocycles. The van der Waals surface area contributed by atoms with E-state index in [2.05, 4.69) is 15.1 Å². The van der Waals surface area contributed by atoms with Crippen molar-refractivity contribution in [3.8, 4) is 11.4 Å². The zero-order chi connectivity index (χ0) is 17.2. The fourth-order valence-electron chi connectivity index (χ4n) is 2.66.